The molecule has 2 heterocycles. The van der Waals surface area contributed by atoms with Crippen molar-refractivity contribution in [3.05, 3.63) is 93.0 Å². The number of alkyl halides is 2. The SMILES string of the molecule is CC(=O)Oc1cc(OC(C)=O)c2c(c1Cl)CC(=O)C=CC=CC(Cl)[C@H](OS(=O)O[C@@H]1C[C@@H](C)OC(=O)c3c(OC(C)=O)cc(OC(C)=O)c(Cl)c3CC(=O)C=CC=CC1Cl)C[C@@H](C)OC2=O. The van der Waals surface area contributed by atoms with Crippen molar-refractivity contribution in [3.8, 4) is 23.0 Å². The summed E-state index contributed by atoms with van der Waals surface area (Å²) in [5.41, 5.74) is -1.16. The smallest absolute Gasteiger partial charge is 0.342 e. The lowest BCUT2D eigenvalue weighted by molar-refractivity contribution is -0.133. The van der Waals surface area contributed by atoms with Crippen molar-refractivity contribution in [2.75, 3.05) is 0 Å². The summed E-state index contributed by atoms with van der Waals surface area (Å²) in [4.78, 5) is 102. The molecule has 4 rings (SSSR count). The summed E-state index contributed by atoms with van der Waals surface area (Å²) >= 11 is 23.8. The minimum atomic E-state index is -2.70. The minimum absolute atomic E-state index is 0.168. The van der Waals surface area contributed by atoms with Crippen molar-refractivity contribution in [1.82, 2.24) is 0 Å². The van der Waals surface area contributed by atoms with Crippen molar-refractivity contribution in [1.29, 1.82) is 0 Å². The molecule has 6 atom stereocenters. The lowest BCUT2D eigenvalue weighted by atomic mass is 9.99. The summed E-state index contributed by atoms with van der Waals surface area (Å²) in [7, 11) is 0. The first-order chi connectivity index (χ1) is 31.0. The van der Waals surface area contributed by atoms with Crippen LogP contribution in [0.25, 0.3) is 0 Å². The van der Waals surface area contributed by atoms with Crippen LogP contribution in [0, 0.1) is 0 Å². The monoisotopic (exact) mass is 1010 g/mol. The van der Waals surface area contributed by atoms with Gasteiger partial charge in [0.05, 0.1) is 20.8 Å². The van der Waals surface area contributed by atoms with E-state index >= 15 is 0 Å². The van der Waals surface area contributed by atoms with Crippen LogP contribution in [0.5, 0.6) is 23.0 Å². The summed E-state index contributed by atoms with van der Waals surface area (Å²) in [6, 6.07) is 2.06. The Morgan fingerprint density at radius 3 is 1.24 bits per heavy atom. The Kier molecular flexibility index (Phi) is 19.8. The van der Waals surface area contributed by atoms with Gasteiger partial charge in [0.25, 0.3) is 0 Å². The number of benzene rings is 2. The first-order valence-electron chi connectivity index (χ1n) is 19.7. The van der Waals surface area contributed by atoms with Crippen molar-refractivity contribution in [3.63, 3.8) is 0 Å². The Morgan fingerprint density at radius 1 is 0.576 bits per heavy atom. The average Bonchev–Trinajstić information content (AvgIpc) is 3.19. The molecule has 0 amide bonds. The van der Waals surface area contributed by atoms with Gasteiger partial charge in [-0.1, -0.05) is 59.7 Å². The number of cyclic esters (lactones) is 2. The molecular weight excluding hydrogens is 974 g/mol. The Labute approximate surface area is 401 Å². The van der Waals surface area contributed by atoms with Gasteiger partial charge in [0.1, 0.15) is 47.0 Å². The number of allylic oxidation sites excluding steroid dienone is 6. The van der Waals surface area contributed by atoms with Crippen molar-refractivity contribution < 1.29 is 79.4 Å². The second kappa shape index (κ2) is 24.5. The Morgan fingerprint density at radius 2 is 0.909 bits per heavy atom. The van der Waals surface area contributed by atoms with Gasteiger partial charge in [-0.2, -0.15) is 4.21 Å². The van der Waals surface area contributed by atoms with E-state index in [-0.39, 0.29) is 45.5 Å². The predicted octanol–water partition coefficient (Wildman–Crippen LogP) is 7.30. The van der Waals surface area contributed by atoms with E-state index in [0.29, 0.717) is 0 Å². The summed E-state index contributed by atoms with van der Waals surface area (Å²) in [6.45, 7) is 7.18. The molecule has 2 unspecified atom stereocenters. The number of hydrogen-bond acceptors (Lipinski definition) is 17. The largest absolute Gasteiger partial charge is 0.459 e. The molecule has 17 nitrogen and oxygen atoms in total. The van der Waals surface area contributed by atoms with Crippen molar-refractivity contribution in [2.45, 2.75) is 102 Å². The molecule has 2 aliphatic heterocycles. The molecule has 354 valence electrons. The summed E-state index contributed by atoms with van der Waals surface area (Å²) in [6.07, 6.45) is 4.30. The molecular formula is C44H42Cl4O17S. The van der Waals surface area contributed by atoms with E-state index in [1.165, 1.54) is 50.3 Å². The maximum Gasteiger partial charge on any atom is 0.342 e. The van der Waals surface area contributed by atoms with E-state index < -0.39 is 129 Å². The van der Waals surface area contributed by atoms with E-state index in [1.807, 2.05) is 0 Å². The molecule has 0 N–H and O–H groups in total. The number of esters is 6. The highest BCUT2D eigenvalue weighted by atomic mass is 35.5. The highest BCUT2D eigenvalue weighted by molar-refractivity contribution is 7.75. The van der Waals surface area contributed by atoms with E-state index in [9.17, 15) is 42.6 Å². The van der Waals surface area contributed by atoms with Gasteiger partial charge in [-0.3, -0.25) is 37.1 Å². The van der Waals surface area contributed by atoms with Gasteiger partial charge < -0.3 is 28.4 Å². The highest BCUT2D eigenvalue weighted by Crippen LogP contribution is 2.41. The first kappa shape index (κ1) is 53.4. The molecule has 2 aliphatic rings. The number of fused-ring (bicyclic) bond motifs is 2. The molecule has 0 bridgehead atoms. The van der Waals surface area contributed by atoms with Gasteiger partial charge in [-0.15, -0.1) is 23.2 Å². The zero-order chi connectivity index (χ0) is 49.0. The fourth-order valence-corrected chi connectivity index (χ4v) is 8.27. The molecule has 0 saturated carbocycles. The quantitative estimate of drug-likeness (QED) is 0.143. The number of ketones is 2. The molecule has 0 spiro atoms. The number of hydrogen-bond donors (Lipinski definition) is 0. The number of halogens is 4. The summed E-state index contributed by atoms with van der Waals surface area (Å²) in [5, 5.41) is -2.81. The van der Waals surface area contributed by atoms with E-state index in [4.69, 9.17) is 83.2 Å². The zero-order valence-electron chi connectivity index (χ0n) is 35.9. The van der Waals surface area contributed by atoms with Crippen LogP contribution in [0.2, 0.25) is 10.0 Å². The molecule has 0 fully saturated rings. The molecule has 0 saturated heterocycles. The van der Waals surface area contributed by atoms with E-state index in [0.717, 1.165) is 52.0 Å². The van der Waals surface area contributed by atoms with Gasteiger partial charge in [0, 0.05) is 76.6 Å². The van der Waals surface area contributed by atoms with Gasteiger partial charge in [-0.25, -0.2) is 9.59 Å². The normalized spacial score (nSPS) is 22.3. The van der Waals surface area contributed by atoms with Crippen LogP contribution in [0.15, 0.2) is 60.7 Å². The molecule has 0 radical (unpaired) electrons. The summed E-state index contributed by atoms with van der Waals surface area (Å²) < 4.78 is 57.6. The van der Waals surface area contributed by atoms with Crippen molar-refractivity contribution in [2.24, 2.45) is 0 Å². The maximum atomic E-state index is 13.9. The fraction of sp³-hybridized carbons (Fsp3) is 0.364. The van der Waals surface area contributed by atoms with Crippen LogP contribution < -0.4 is 18.9 Å². The van der Waals surface area contributed by atoms with Crippen LogP contribution in [0.4, 0.5) is 0 Å². The van der Waals surface area contributed by atoms with Crippen molar-refractivity contribution >= 4 is 105 Å². The number of carbonyl (C=O) groups is 8. The lowest BCUT2D eigenvalue weighted by Crippen LogP contribution is -2.34. The maximum absolute atomic E-state index is 13.9. The number of carbonyl (C=O) groups excluding carboxylic acids is 8. The third-order valence-corrected chi connectivity index (χ3v) is 11.4. The Hall–Kier alpha value is -5.21. The zero-order valence-corrected chi connectivity index (χ0v) is 39.8. The Balaban J connectivity index is 1.66. The second-order valence-corrected chi connectivity index (χ2v) is 17.1. The topological polar surface area (TPSA) is 227 Å². The minimum Gasteiger partial charge on any atom is -0.459 e. The average molecular weight is 1020 g/mol. The van der Waals surface area contributed by atoms with E-state index in [2.05, 4.69) is 0 Å². The molecule has 66 heavy (non-hydrogen) atoms. The van der Waals surface area contributed by atoms with Gasteiger partial charge in [-0.05, 0) is 26.0 Å². The molecule has 2 aromatic rings. The van der Waals surface area contributed by atoms with Crippen LogP contribution in [-0.4, -0.2) is 86.8 Å². The summed E-state index contributed by atoms with van der Waals surface area (Å²) in [5.74, 6) is -8.15. The molecule has 0 aromatic heterocycles. The lowest BCUT2D eigenvalue weighted by Gasteiger charge is -2.26. The van der Waals surface area contributed by atoms with Crippen LogP contribution >= 0.6 is 46.4 Å². The predicted molar refractivity (Wildman–Crippen MR) is 238 cm³/mol. The molecule has 2 aromatic carbocycles. The number of ether oxygens (including phenoxy) is 6. The van der Waals surface area contributed by atoms with Crippen LogP contribution in [0.1, 0.15) is 86.2 Å². The van der Waals surface area contributed by atoms with Crippen LogP contribution in [-0.2, 0) is 70.8 Å². The Bertz CT molecular complexity index is 2260. The van der Waals surface area contributed by atoms with Gasteiger partial charge in [0.2, 0.25) is 0 Å². The standard InChI is InChI=1S/C44H42Cl4O17S/c1-21-15-33(31(45)13-9-7-11-27(53)17-29-39(43(55)58-21)35(60-23(3)49)19-37(41(29)47)62-25(5)51)64-66(57)65-34-16-22(2)59-44(56)40-30(18-28(54)12-8-10-14-32(34)46)42(48)38(63-26(6)52)20-36(40)61-24(4)50/h7-14,19-22,31-34H,15-18H2,1-6H3/t21-,22-,31?,32?,33-,34-,66?/m1/s1. The third-order valence-electron chi connectivity index (χ3n) is 8.94. The fourth-order valence-electron chi connectivity index (χ4n) is 6.32. The highest BCUT2D eigenvalue weighted by Gasteiger charge is 2.34. The van der Waals surface area contributed by atoms with Gasteiger partial charge >= 0.3 is 47.2 Å². The first-order valence-corrected chi connectivity index (χ1v) is 22.3. The molecule has 22 heteroatoms. The van der Waals surface area contributed by atoms with E-state index in [1.54, 1.807) is 0 Å². The molecule has 0 aliphatic carbocycles. The van der Waals surface area contributed by atoms with Crippen LogP contribution in [0.3, 0.4) is 0 Å². The second-order valence-electron chi connectivity index (χ2n) is 14.5. The third kappa shape index (κ3) is 15.4. The number of rotatable bonds is 8. The van der Waals surface area contributed by atoms with Gasteiger partial charge in [0.15, 0.2) is 23.1 Å².